The van der Waals surface area contributed by atoms with Gasteiger partial charge in [-0.3, -0.25) is 9.36 Å². The number of benzene rings is 1. The molecule has 2 heterocycles. The largest absolute Gasteiger partial charge is 0.350 e. The van der Waals surface area contributed by atoms with Crippen molar-refractivity contribution in [2.75, 3.05) is 5.75 Å². The number of hydrogen-bond donors (Lipinski definition) is 1. The van der Waals surface area contributed by atoms with E-state index in [9.17, 15) is 4.79 Å². The molecule has 0 spiro atoms. The fraction of sp³-hybridized carbons (Fsp3) is 0.458. The molecule has 1 aromatic carbocycles. The third-order valence-corrected chi connectivity index (χ3v) is 7.56. The highest BCUT2D eigenvalue weighted by molar-refractivity contribution is 7.99. The molecule has 1 saturated carbocycles. The molecule has 0 unspecified atom stereocenters. The summed E-state index contributed by atoms with van der Waals surface area (Å²) in [5.41, 5.74) is 2.51. The van der Waals surface area contributed by atoms with Crippen molar-refractivity contribution in [3.05, 3.63) is 52.2 Å². The molecule has 0 bridgehead atoms. The van der Waals surface area contributed by atoms with E-state index in [1.165, 1.54) is 30.2 Å². The molecule has 1 amide bonds. The predicted octanol–water partition coefficient (Wildman–Crippen LogP) is 5.83. The topological polar surface area (TPSA) is 59.8 Å². The van der Waals surface area contributed by atoms with Crippen LogP contribution in [0.1, 0.15) is 62.9 Å². The molecule has 1 aliphatic rings. The van der Waals surface area contributed by atoms with Gasteiger partial charge >= 0.3 is 0 Å². The van der Waals surface area contributed by atoms with Crippen LogP contribution >= 0.6 is 23.1 Å². The van der Waals surface area contributed by atoms with Gasteiger partial charge in [0.15, 0.2) is 11.0 Å². The Hall–Kier alpha value is -2.12. The fourth-order valence-electron chi connectivity index (χ4n) is 3.96. The van der Waals surface area contributed by atoms with Crippen LogP contribution in [0.25, 0.3) is 11.4 Å². The highest BCUT2D eigenvalue weighted by Crippen LogP contribution is 2.37. The van der Waals surface area contributed by atoms with Crippen LogP contribution in [0.2, 0.25) is 0 Å². The van der Waals surface area contributed by atoms with E-state index in [1.807, 2.05) is 17.5 Å². The molecule has 0 atom stereocenters. The number of nitrogens with one attached hydrogen (secondary N) is 1. The molecule has 5 nitrogen and oxygen atoms in total. The third kappa shape index (κ3) is 5.39. The molecule has 3 aromatic rings. The first-order valence-electron chi connectivity index (χ1n) is 10.9. The van der Waals surface area contributed by atoms with E-state index in [4.69, 9.17) is 0 Å². The molecule has 7 heteroatoms. The Kier molecular flexibility index (Phi) is 6.82. The minimum Gasteiger partial charge on any atom is -0.350 e. The van der Waals surface area contributed by atoms with E-state index in [0.29, 0.717) is 18.3 Å². The van der Waals surface area contributed by atoms with Crippen molar-refractivity contribution in [3.63, 3.8) is 0 Å². The summed E-state index contributed by atoms with van der Waals surface area (Å²) in [5.74, 6) is 1.28. The zero-order valence-electron chi connectivity index (χ0n) is 18.4. The number of hydrogen-bond acceptors (Lipinski definition) is 5. The first kappa shape index (κ1) is 22.1. The van der Waals surface area contributed by atoms with Crippen molar-refractivity contribution in [1.82, 2.24) is 20.1 Å². The minimum atomic E-state index is 0.0236. The van der Waals surface area contributed by atoms with Crippen molar-refractivity contribution < 1.29 is 4.79 Å². The van der Waals surface area contributed by atoms with Crippen molar-refractivity contribution in [1.29, 1.82) is 0 Å². The van der Waals surface area contributed by atoms with Crippen LogP contribution in [0.4, 0.5) is 0 Å². The molecular formula is C24H30N4OS2. The lowest BCUT2D eigenvalue weighted by atomic mass is 9.86. The number of thioether (sulfide) groups is 1. The van der Waals surface area contributed by atoms with Crippen LogP contribution in [-0.2, 0) is 16.8 Å². The maximum Gasteiger partial charge on any atom is 0.230 e. The Morgan fingerprint density at radius 2 is 1.90 bits per heavy atom. The number of carbonyl (C=O) groups excluding carboxylic acids is 1. The minimum absolute atomic E-state index is 0.0236. The second kappa shape index (κ2) is 9.57. The van der Waals surface area contributed by atoms with Crippen molar-refractivity contribution >= 4 is 29.0 Å². The smallest absolute Gasteiger partial charge is 0.230 e. The molecule has 164 valence electrons. The first-order valence-corrected chi connectivity index (χ1v) is 12.8. The van der Waals surface area contributed by atoms with E-state index < -0.39 is 0 Å². The van der Waals surface area contributed by atoms with Crippen molar-refractivity contribution in [2.45, 2.75) is 69.6 Å². The summed E-state index contributed by atoms with van der Waals surface area (Å²) in [6.45, 7) is 7.25. The Morgan fingerprint density at radius 1 is 1.16 bits per heavy atom. The molecule has 4 rings (SSSR count). The van der Waals surface area contributed by atoms with Gasteiger partial charge in [-0.15, -0.1) is 21.5 Å². The third-order valence-electron chi connectivity index (χ3n) is 5.74. The lowest BCUT2D eigenvalue weighted by Crippen LogP contribution is -2.24. The van der Waals surface area contributed by atoms with Crippen LogP contribution in [-0.4, -0.2) is 26.4 Å². The molecule has 31 heavy (non-hydrogen) atoms. The van der Waals surface area contributed by atoms with Gasteiger partial charge in [0.1, 0.15) is 0 Å². The Bertz CT molecular complexity index is 997. The summed E-state index contributed by atoms with van der Waals surface area (Å²) >= 11 is 3.14. The first-order chi connectivity index (χ1) is 14.9. The Balaban J connectivity index is 1.50. The average Bonchev–Trinajstić information content (AvgIpc) is 3.51. The number of aromatic nitrogens is 3. The molecule has 0 saturated heterocycles. The summed E-state index contributed by atoms with van der Waals surface area (Å²) in [6.07, 6.45) is 4.75. The van der Waals surface area contributed by atoms with Gasteiger partial charge in [0, 0.05) is 16.5 Å². The molecular weight excluding hydrogens is 424 g/mol. The van der Waals surface area contributed by atoms with Crippen LogP contribution < -0.4 is 5.32 Å². The lowest BCUT2D eigenvalue weighted by Gasteiger charge is -2.20. The van der Waals surface area contributed by atoms with Gasteiger partial charge in [-0.2, -0.15) is 0 Å². The monoisotopic (exact) mass is 454 g/mol. The van der Waals surface area contributed by atoms with E-state index in [0.717, 1.165) is 34.3 Å². The summed E-state index contributed by atoms with van der Waals surface area (Å²) in [4.78, 5) is 13.5. The highest BCUT2D eigenvalue weighted by Gasteiger charge is 2.25. The van der Waals surface area contributed by atoms with E-state index in [-0.39, 0.29) is 11.3 Å². The quantitative estimate of drug-likeness (QED) is 0.457. The normalized spacial score (nSPS) is 14.8. The zero-order valence-corrected chi connectivity index (χ0v) is 20.1. The van der Waals surface area contributed by atoms with Gasteiger partial charge in [-0.25, -0.2) is 0 Å². The number of rotatable bonds is 7. The molecule has 2 aromatic heterocycles. The average molecular weight is 455 g/mol. The zero-order chi connectivity index (χ0) is 21.8. The second-order valence-electron chi connectivity index (χ2n) is 9.09. The van der Waals surface area contributed by atoms with Gasteiger partial charge < -0.3 is 5.32 Å². The predicted molar refractivity (Wildman–Crippen MR) is 129 cm³/mol. The van der Waals surface area contributed by atoms with Crippen molar-refractivity contribution in [3.8, 4) is 11.4 Å². The summed E-state index contributed by atoms with van der Waals surface area (Å²) in [6, 6.07) is 13.1. The van der Waals surface area contributed by atoms with Gasteiger partial charge in [-0.1, -0.05) is 75.7 Å². The van der Waals surface area contributed by atoms with Crippen LogP contribution in [0, 0.1) is 0 Å². The standard InChI is InChI=1S/C24H30N4OS2/c1-24(2,3)18-12-10-17(11-13-18)22-26-27-23(28(22)19-7-4-5-8-19)31-16-21(29)25-15-20-9-6-14-30-20/h6,9-14,19H,4-5,7-8,15-16H2,1-3H3,(H,25,29). The van der Waals surface area contributed by atoms with Crippen LogP contribution in [0.15, 0.2) is 46.9 Å². The number of thiophene rings is 1. The van der Waals surface area contributed by atoms with E-state index >= 15 is 0 Å². The van der Waals surface area contributed by atoms with Gasteiger partial charge in [0.25, 0.3) is 0 Å². The SMILES string of the molecule is CC(C)(C)c1ccc(-c2nnc(SCC(=O)NCc3cccs3)n2C2CCCC2)cc1. The number of nitrogens with zero attached hydrogens (tertiary/aromatic N) is 3. The molecule has 0 radical (unpaired) electrons. The van der Waals surface area contributed by atoms with E-state index in [1.54, 1.807) is 11.3 Å². The fourth-order valence-corrected chi connectivity index (χ4v) is 5.44. The van der Waals surface area contributed by atoms with Gasteiger partial charge in [-0.05, 0) is 35.3 Å². The molecule has 1 fully saturated rings. The summed E-state index contributed by atoms with van der Waals surface area (Å²) in [5, 5.41) is 14.9. The van der Waals surface area contributed by atoms with Crippen molar-refractivity contribution in [2.24, 2.45) is 0 Å². The molecule has 1 N–H and O–H groups in total. The number of amides is 1. The highest BCUT2D eigenvalue weighted by atomic mass is 32.2. The van der Waals surface area contributed by atoms with Gasteiger partial charge in [0.2, 0.25) is 5.91 Å². The maximum absolute atomic E-state index is 12.4. The van der Waals surface area contributed by atoms with Crippen LogP contribution in [0.5, 0.6) is 0 Å². The Morgan fingerprint density at radius 3 is 2.55 bits per heavy atom. The second-order valence-corrected chi connectivity index (χ2v) is 11.1. The lowest BCUT2D eigenvalue weighted by molar-refractivity contribution is -0.118. The van der Waals surface area contributed by atoms with Gasteiger partial charge in [0.05, 0.1) is 12.3 Å². The van der Waals surface area contributed by atoms with E-state index in [2.05, 4.69) is 65.1 Å². The number of carbonyl (C=O) groups is 1. The summed E-state index contributed by atoms with van der Waals surface area (Å²) in [7, 11) is 0. The molecule has 1 aliphatic carbocycles. The summed E-state index contributed by atoms with van der Waals surface area (Å²) < 4.78 is 2.27. The maximum atomic E-state index is 12.4. The molecule has 0 aliphatic heterocycles. The Labute approximate surface area is 192 Å². The van der Waals surface area contributed by atoms with Crippen LogP contribution in [0.3, 0.4) is 0 Å².